The van der Waals surface area contributed by atoms with Crippen LogP contribution in [0.2, 0.25) is 0 Å². The molecule has 0 bridgehead atoms. The summed E-state index contributed by atoms with van der Waals surface area (Å²) in [7, 11) is 0. The minimum Gasteiger partial charge on any atom is -0.444 e. The zero-order chi connectivity index (χ0) is 22.8. The maximum Gasteiger partial charge on any atom is 0.419 e. The van der Waals surface area contributed by atoms with E-state index in [1.54, 1.807) is 64.1 Å². The second-order valence-electron chi connectivity index (χ2n) is 7.78. The Morgan fingerprint density at radius 2 is 1.74 bits per heavy atom. The van der Waals surface area contributed by atoms with Gasteiger partial charge in [-0.1, -0.05) is 30.0 Å². The predicted octanol–water partition coefficient (Wildman–Crippen LogP) is 6.70. The van der Waals surface area contributed by atoms with E-state index in [1.165, 1.54) is 17.0 Å². The fraction of sp³-hybridized carbons (Fsp3) is 0.273. The van der Waals surface area contributed by atoms with Gasteiger partial charge in [-0.2, -0.15) is 13.2 Å². The second kappa shape index (κ2) is 8.66. The number of nitrogens with one attached hydrogen (secondary N) is 1. The van der Waals surface area contributed by atoms with E-state index in [4.69, 9.17) is 4.74 Å². The van der Waals surface area contributed by atoms with Gasteiger partial charge in [-0.25, -0.2) is 4.79 Å². The molecule has 2 heterocycles. The van der Waals surface area contributed by atoms with E-state index < -0.39 is 23.4 Å². The van der Waals surface area contributed by atoms with Gasteiger partial charge in [0.2, 0.25) is 0 Å². The van der Waals surface area contributed by atoms with E-state index in [-0.39, 0.29) is 10.8 Å². The zero-order valence-electron chi connectivity index (χ0n) is 17.4. The molecule has 3 rings (SSSR count). The maximum atomic E-state index is 14.0. The molecule has 0 unspecified atom stereocenters. The van der Waals surface area contributed by atoms with Crippen molar-refractivity contribution in [2.75, 3.05) is 5.32 Å². The summed E-state index contributed by atoms with van der Waals surface area (Å²) >= 11 is 0.943. The van der Waals surface area contributed by atoms with Crippen LogP contribution in [0, 0.1) is 6.92 Å². The Morgan fingerprint density at radius 3 is 2.32 bits per heavy atom. The van der Waals surface area contributed by atoms with Gasteiger partial charge < -0.3 is 4.74 Å². The molecule has 0 radical (unpaired) electrons. The van der Waals surface area contributed by atoms with Crippen LogP contribution in [0.3, 0.4) is 0 Å². The summed E-state index contributed by atoms with van der Waals surface area (Å²) in [6.45, 7) is 6.83. The van der Waals surface area contributed by atoms with Crippen molar-refractivity contribution in [2.24, 2.45) is 0 Å². The van der Waals surface area contributed by atoms with E-state index in [2.05, 4.69) is 10.3 Å². The van der Waals surface area contributed by atoms with E-state index in [0.717, 1.165) is 23.4 Å². The number of aryl methyl sites for hydroxylation is 1. The fourth-order valence-electron chi connectivity index (χ4n) is 2.87. The molecule has 0 aliphatic rings. The summed E-state index contributed by atoms with van der Waals surface area (Å²) in [5.74, 6) is -0.0348. The lowest BCUT2D eigenvalue weighted by Crippen LogP contribution is -2.27. The molecule has 0 fully saturated rings. The molecule has 0 aliphatic carbocycles. The summed E-state index contributed by atoms with van der Waals surface area (Å²) in [4.78, 5) is 16.9. The Bertz CT molecular complexity index is 1070. The number of anilines is 1. The predicted molar refractivity (Wildman–Crippen MR) is 114 cm³/mol. The highest BCUT2D eigenvalue weighted by molar-refractivity contribution is 7.99. The first-order valence-corrected chi connectivity index (χ1v) is 10.2. The Kier molecular flexibility index (Phi) is 6.35. The van der Waals surface area contributed by atoms with E-state index in [1.807, 2.05) is 0 Å². The lowest BCUT2D eigenvalue weighted by molar-refractivity contribution is -0.139. The average molecular weight is 449 g/mol. The van der Waals surface area contributed by atoms with Crippen molar-refractivity contribution in [3.05, 3.63) is 66.0 Å². The van der Waals surface area contributed by atoms with E-state index in [9.17, 15) is 18.0 Å². The maximum absolute atomic E-state index is 14.0. The Morgan fingerprint density at radius 1 is 1.10 bits per heavy atom. The molecular formula is C22H22F3N3O2S. The lowest BCUT2D eigenvalue weighted by atomic mass is 10.2. The monoisotopic (exact) mass is 449 g/mol. The molecular weight excluding hydrogens is 427 g/mol. The van der Waals surface area contributed by atoms with Gasteiger partial charge in [0, 0.05) is 17.3 Å². The van der Waals surface area contributed by atoms with Gasteiger partial charge in [0.05, 0.1) is 16.3 Å². The normalized spacial score (nSPS) is 12.0. The minimum atomic E-state index is -4.63. The first kappa shape index (κ1) is 22.7. The first-order valence-electron chi connectivity index (χ1n) is 9.42. The van der Waals surface area contributed by atoms with Crippen molar-refractivity contribution >= 4 is 23.7 Å². The number of carbonyl (C=O) groups excluding carboxylic acids is 1. The van der Waals surface area contributed by atoms with Gasteiger partial charge >= 0.3 is 12.3 Å². The van der Waals surface area contributed by atoms with Crippen LogP contribution in [0.5, 0.6) is 0 Å². The smallest absolute Gasteiger partial charge is 0.419 e. The topological polar surface area (TPSA) is 56.2 Å². The van der Waals surface area contributed by atoms with Crippen LogP contribution in [0.4, 0.5) is 23.8 Å². The molecule has 5 nitrogen and oxygen atoms in total. The zero-order valence-corrected chi connectivity index (χ0v) is 18.3. The average Bonchev–Trinajstić information content (AvgIpc) is 2.99. The number of amides is 1. The van der Waals surface area contributed by atoms with Crippen molar-refractivity contribution in [3.63, 3.8) is 0 Å². The van der Waals surface area contributed by atoms with Crippen molar-refractivity contribution in [3.8, 4) is 5.69 Å². The SMILES string of the molecule is Cc1ccccc1-n1c(NC(=O)OC(C)(C)C)cc(C(F)(F)F)c1Sc1ccncc1. The first-order chi connectivity index (χ1) is 14.5. The molecule has 0 saturated heterocycles. The summed E-state index contributed by atoms with van der Waals surface area (Å²) in [6, 6.07) is 11.2. The summed E-state index contributed by atoms with van der Waals surface area (Å²) in [5, 5.41) is 2.42. The molecule has 0 spiro atoms. The Hall–Kier alpha value is -2.94. The number of pyridine rings is 1. The van der Waals surface area contributed by atoms with Gasteiger partial charge in [-0.3, -0.25) is 14.9 Å². The number of halogens is 3. The number of aromatic nitrogens is 2. The molecule has 0 aliphatic heterocycles. The number of carbonyl (C=O) groups is 1. The highest BCUT2D eigenvalue weighted by Crippen LogP contribution is 2.44. The second-order valence-corrected chi connectivity index (χ2v) is 8.84. The number of hydrogen-bond donors (Lipinski definition) is 1. The third kappa shape index (κ3) is 5.61. The molecule has 1 amide bonds. The Labute approximate surface area is 182 Å². The van der Waals surface area contributed by atoms with Gasteiger partial charge in [0.25, 0.3) is 0 Å². The lowest BCUT2D eigenvalue weighted by Gasteiger charge is -2.21. The number of para-hydroxylation sites is 1. The molecule has 9 heteroatoms. The molecule has 0 saturated carbocycles. The Balaban J connectivity index is 2.20. The number of hydrogen-bond acceptors (Lipinski definition) is 4. The summed E-state index contributed by atoms with van der Waals surface area (Å²) < 4.78 is 48.6. The van der Waals surface area contributed by atoms with E-state index >= 15 is 0 Å². The van der Waals surface area contributed by atoms with Crippen LogP contribution in [0.25, 0.3) is 5.69 Å². The number of alkyl halides is 3. The molecule has 0 atom stereocenters. The van der Waals surface area contributed by atoms with Crippen LogP contribution >= 0.6 is 11.8 Å². The van der Waals surface area contributed by atoms with Crippen LogP contribution in [-0.4, -0.2) is 21.2 Å². The molecule has 3 aromatic rings. The summed E-state index contributed by atoms with van der Waals surface area (Å²) in [6.07, 6.45) is -2.45. The molecule has 1 N–H and O–H groups in total. The molecule has 1 aromatic carbocycles. The van der Waals surface area contributed by atoms with Crippen LogP contribution in [-0.2, 0) is 10.9 Å². The fourth-order valence-corrected chi connectivity index (χ4v) is 3.92. The highest BCUT2D eigenvalue weighted by atomic mass is 32.2. The molecule has 164 valence electrons. The third-order valence-electron chi connectivity index (χ3n) is 4.11. The van der Waals surface area contributed by atoms with Gasteiger partial charge in [-0.05, 0) is 57.5 Å². The largest absolute Gasteiger partial charge is 0.444 e. The third-order valence-corrected chi connectivity index (χ3v) is 5.21. The van der Waals surface area contributed by atoms with Crippen molar-refractivity contribution in [1.29, 1.82) is 0 Å². The number of rotatable bonds is 4. The van der Waals surface area contributed by atoms with E-state index in [0.29, 0.717) is 10.6 Å². The van der Waals surface area contributed by atoms with Crippen molar-refractivity contribution in [2.45, 2.75) is 49.4 Å². The quantitative estimate of drug-likeness (QED) is 0.482. The van der Waals surface area contributed by atoms with Crippen molar-refractivity contribution in [1.82, 2.24) is 9.55 Å². The number of benzene rings is 1. The number of nitrogens with zero attached hydrogens (tertiary/aromatic N) is 2. The summed E-state index contributed by atoms with van der Waals surface area (Å²) in [5.41, 5.74) is -0.397. The minimum absolute atomic E-state index is 0.0348. The van der Waals surface area contributed by atoms with Crippen LogP contribution in [0.1, 0.15) is 31.9 Å². The van der Waals surface area contributed by atoms with Gasteiger partial charge in [0.1, 0.15) is 11.4 Å². The van der Waals surface area contributed by atoms with Gasteiger partial charge in [0.15, 0.2) is 0 Å². The standard InChI is InChI=1S/C22H22F3N3O2S/c1-14-7-5-6-8-17(14)28-18(27-20(29)30-21(2,3)4)13-16(22(23,24)25)19(28)31-15-9-11-26-12-10-15/h5-13H,1-4H3,(H,27,29). The molecule has 31 heavy (non-hydrogen) atoms. The van der Waals surface area contributed by atoms with Crippen LogP contribution < -0.4 is 5.32 Å². The molecule has 2 aromatic heterocycles. The van der Waals surface area contributed by atoms with Crippen LogP contribution in [0.15, 0.2) is 64.8 Å². The number of ether oxygens (including phenoxy) is 1. The van der Waals surface area contributed by atoms with Crippen molar-refractivity contribution < 1.29 is 22.7 Å². The highest BCUT2D eigenvalue weighted by Gasteiger charge is 2.38. The van der Waals surface area contributed by atoms with Gasteiger partial charge in [-0.15, -0.1) is 0 Å².